The molecule has 0 aliphatic heterocycles. The van der Waals surface area contributed by atoms with Gasteiger partial charge in [-0.15, -0.1) is 6.42 Å². The molecule has 2 aromatic carbocycles. The number of terminal acetylenes is 1. The highest BCUT2D eigenvalue weighted by atomic mass is 19.1. The van der Waals surface area contributed by atoms with Crippen molar-refractivity contribution in [2.75, 3.05) is 6.61 Å². The molecule has 0 aliphatic rings. The van der Waals surface area contributed by atoms with Crippen molar-refractivity contribution in [3.05, 3.63) is 65.0 Å². The zero-order valence-electron chi connectivity index (χ0n) is 12.2. The Morgan fingerprint density at radius 2 is 1.95 bits per heavy atom. The lowest BCUT2D eigenvalue weighted by Gasteiger charge is -2.11. The van der Waals surface area contributed by atoms with Gasteiger partial charge in [0.05, 0.1) is 6.61 Å². The molecule has 0 bridgehead atoms. The van der Waals surface area contributed by atoms with Crippen molar-refractivity contribution in [1.82, 2.24) is 5.32 Å². The minimum atomic E-state index is -0.390. The number of aliphatic hydroxyl groups is 1. The minimum absolute atomic E-state index is 0.231. The number of rotatable bonds is 7. The number of para-hydroxylation sites is 1. The van der Waals surface area contributed by atoms with Gasteiger partial charge in [0, 0.05) is 24.2 Å². The van der Waals surface area contributed by atoms with Gasteiger partial charge in [-0.25, -0.2) is 4.39 Å². The molecule has 2 N–H and O–H groups in total. The van der Waals surface area contributed by atoms with Gasteiger partial charge in [0.15, 0.2) is 0 Å². The van der Waals surface area contributed by atoms with Crippen LogP contribution in [0.15, 0.2) is 42.5 Å². The van der Waals surface area contributed by atoms with Crippen LogP contribution >= 0.6 is 0 Å². The van der Waals surface area contributed by atoms with Crippen LogP contribution in [0.25, 0.3) is 0 Å². The fourth-order valence-electron chi connectivity index (χ4n) is 2.11. The Morgan fingerprint density at radius 3 is 2.73 bits per heavy atom. The van der Waals surface area contributed by atoms with E-state index in [0.717, 1.165) is 16.9 Å². The Balaban J connectivity index is 1.95. The monoisotopic (exact) mass is 299 g/mol. The quantitative estimate of drug-likeness (QED) is 0.772. The average Bonchev–Trinajstić information content (AvgIpc) is 2.55. The number of benzene rings is 2. The third-order valence-electron chi connectivity index (χ3n) is 3.21. The molecule has 2 rings (SSSR count). The van der Waals surface area contributed by atoms with E-state index in [2.05, 4.69) is 11.2 Å². The van der Waals surface area contributed by atoms with Gasteiger partial charge in [-0.1, -0.05) is 30.2 Å². The van der Waals surface area contributed by atoms with E-state index in [-0.39, 0.29) is 19.0 Å². The molecular weight excluding hydrogens is 281 g/mol. The van der Waals surface area contributed by atoms with Crippen LogP contribution in [0.2, 0.25) is 0 Å². The molecule has 4 heteroatoms. The smallest absolute Gasteiger partial charge is 0.148 e. The van der Waals surface area contributed by atoms with Crippen molar-refractivity contribution >= 4 is 0 Å². The summed E-state index contributed by atoms with van der Waals surface area (Å²) in [5, 5.41) is 12.3. The zero-order valence-corrected chi connectivity index (χ0v) is 12.2. The maximum atomic E-state index is 13.3. The Morgan fingerprint density at radius 1 is 1.14 bits per heavy atom. The molecule has 0 spiro atoms. The summed E-state index contributed by atoms with van der Waals surface area (Å²) in [6, 6.07) is 12.4. The summed E-state index contributed by atoms with van der Waals surface area (Å²) in [4.78, 5) is 0. The van der Waals surface area contributed by atoms with Crippen LogP contribution in [-0.4, -0.2) is 11.7 Å². The maximum Gasteiger partial charge on any atom is 0.148 e. The maximum absolute atomic E-state index is 13.3. The summed E-state index contributed by atoms with van der Waals surface area (Å²) in [5.74, 6) is 2.80. The van der Waals surface area contributed by atoms with E-state index in [1.54, 1.807) is 12.1 Å². The molecule has 0 fully saturated rings. The second-order valence-corrected chi connectivity index (χ2v) is 4.79. The fourth-order valence-corrected chi connectivity index (χ4v) is 2.11. The van der Waals surface area contributed by atoms with Gasteiger partial charge in [-0.05, 0) is 23.8 Å². The minimum Gasteiger partial charge on any atom is -0.481 e. The molecule has 0 unspecified atom stereocenters. The molecule has 22 heavy (non-hydrogen) atoms. The van der Waals surface area contributed by atoms with E-state index in [0.29, 0.717) is 18.7 Å². The second kappa shape index (κ2) is 8.18. The van der Waals surface area contributed by atoms with Crippen LogP contribution in [0.3, 0.4) is 0 Å². The van der Waals surface area contributed by atoms with E-state index in [9.17, 15) is 4.39 Å². The third kappa shape index (κ3) is 4.32. The van der Waals surface area contributed by atoms with Crippen LogP contribution in [0, 0.1) is 18.2 Å². The van der Waals surface area contributed by atoms with Crippen molar-refractivity contribution in [3.63, 3.8) is 0 Å². The molecule has 0 heterocycles. The summed E-state index contributed by atoms with van der Waals surface area (Å²) in [6.45, 7) is 1.10. The molecule has 0 radical (unpaired) electrons. The first-order chi connectivity index (χ1) is 10.7. The van der Waals surface area contributed by atoms with E-state index in [4.69, 9.17) is 16.3 Å². The summed E-state index contributed by atoms with van der Waals surface area (Å²) in [7, 11) is 0. The normalized spacial score (nSPS) is 10.2. The predicted octanol–water partition coefficient (Wildman–Crippen LogP) is 2.62. The molecule has 0 saturated carbocycles. The molecular formula is C18H18FNO2. The molecule has 3 nitrogen and oxygen atoms in total. The number of hydrogen-bond acceptors (Lipinski definition) is 3. The fraction of sp³-hybridized carbons (Fsp3) is 0.222. The van der Waals surface area contributed by atoms with Gasteiger partial charge < -0.3 is 15.2 Å². The first kappa shape index (κ1) is 16.0. The largest absolute Gasteiger partial charge is 0.481 e. The van der Waals surface area contributed by atoms with Crippen molar-refractivity contribution in [1.29, 1.82) is 0 Å². The van der Waals surface area contributed by atoms with Gasteiger partial charge in [-0.2, -0.15) is 0 Å². The topological polar surface area (TPSA) is 41.5 Å². The predicted molar refractivity (Wildman–Crippen MR) is 83.6 cm³/mol. The zero-order chi connectivity index (χ0) is 15.8. The van der Waals surface area contributed by atoms with Crippen LogP contribution < -0.4 is 10.1 Å². The number of aliphatic hydroxyl groups excluding tert-OH is 1. The molecule has 2 aromatic rings. The van der Waals surface area contributed by atoms with E-state index < -0.39 is 0 Å². The van der Waals surface area contributed by atoms with Gasteiger partial charge in [0.25, 0.3) is 0 Å². The molecule has 0 aromatic heterocycles. The van der Waals surface area contributed by atoms with Gasteiger partial charge >= 0.3 is 0 Å². The lowest BCUT2D eigenvalue weighted by Crippen LogP contribution is -2.14. The highest BCUT2D eigenvalue weighted by molar-refractivity contribution is 5.33. The molecule has 0 saturated heterocycles. The van der Waals surface area contributed by atoms with E-state index in [1.807, 2.05) is 24.3 Å². The first-order valence-corrected chi connectivity index (χ1v) is 6.97. The summed E-state index contributed by atoms with van der Waals surface area (Å²) in [6.07, 6.45) is 5.20. The molecule has 114 valence electrons. The molecule has 0 aliphatic carbocycles. The van der Waals surface area contributed by atoms with Gasteiger partial charge in [0.2, 0.25) is 0 Å². The Bertz CT molecular complexity index is 664. The van der Waals surface area contributed by atoms with Crippen LogP contribution in [-0.2, 0) is 19.7 Å². The van der Waals surface area contributed by atoms with Crippen LogP contribution in [0.4, 0.5) is 4.39 Å². The number of nitrogens with one attached hydrogen (secondary N) is 1. The third-order valence-corrected chi connectivity index (χ3v) is 3.21. The molecule has 0 amide bonds. The summed E-state index contributed by atoms with van der Waals surface area (Å²) in [5.41, 5.74) is 2.21. The van der Waals surface area contributed by atoms with Crippen molar-refractivity contribution < 1.29 is 14.2 Å². The Labute approximate surface area is 129 Å². The SMILES string of the molecule is C#CCOc1ccccc1CNCc1ccc(F)c(CO)c1. The van der Waals surface area contributed by atoms with E-state index >= 15 is 0 Å². The van der Waals surface area contributed by atoms with Gasteiger partial charge in [-0.3, -0.25) is 0 Å². The Kier molecular flexibility index (Phi) is 5.96. The average molecular weight is 299 g/mol. The first-order valence-electron chi connectivity index (χ1n) is 6.97. The highest BCUT2D eigenvalue weighted by Crippen LogP contribution is 2.18. The second-order valence-electron chi connectivity index (χ2n) is 4.79. The highest BCUT2D eigenvalue weighted by Gasteiger charge is 2.04. The van der Waals surface area contributed by atoms with E-state index in [1.165, 1.54) is 6.07 Å². The van der Waals surface area contributed by atoms with Crippen molar-refractivity contribution in [2.45, 2.75) is 19.7 Å². The van der Waals surface area contributed by atoms with Crippen molar-refractivity contribution in [2.24, 2.45) is 0 Å². The number of halogens is 1. The number of hydrogen-bond donors (Lipinski definition) is 2. The summed E-state index contributed by atoms with van der Waals surface area (Å²) < 4.78 is 18.8. The molecule has 0 atom stereocenters. The number of ether oxygens (including phenoxy) is 1. The van der Waals surface area contributed by atoms with Gasteiger partial charge in [0.1, 0.15) is 18.2 Å². The lowest BCUT2D eigenvalue weighted by molar-refractivity contribution is 0.275. The lowest BCUT2D eigenvalue weighted by atomic mass is 10.1. The van der Waals surface area contributed by atoms with Crippen LogP contribution in [0.1, 0.15) is 16.7 Å². The van der Waals surface area contributed by atoms with Crippen LogP contribution in [0.5, 0.6) is 5.75 Å². The Hall–Kier alpha value is -2.35. The summed E-state index contributed by atoms with van der Waals surface area (Å²) >= 11 is 0. The standard InChI is InChI=1S/C18H18FNO2/c1-2-9-22-18-6-4-3-5-15(18)12-20-11-14-7-8-17(19)16(10-14)13-21/h1,3-8,10,20-21H,9,11-13H2. The van der Waals surface area contributed by atoms with Crippen molar-refractivity contribution in [3.8, 4) is 18.1 Å².